The third-order valence-electron chi connectivity index (χ3n) is 3.83. The molecule has 1 aromatic carbocycles. The number of benzene rings is 1. The van der Waals surface area contributed by atoms with Gasteiger partial charge >= 0.3 is 0 Å². The van der Waals surface area contributed by atoms with Crippen LogP contribution < -0.4 is 20.1 Å². The van der Waals surface area contributed by atoms with Crippen LogP contribution in [0.4, 0.5) is 5.13 Å². The monoisotopic (exact) mass is 367 g/mol. The fourth-order valence-electron chi connectivity index (χ4n) is 2.39. The Morgan fingerprint density at radius 2 is 2.12 bits per heavy atom. The van der Waals surface area contributed by atoms with Gasteiger partial charge in [-0.2, -0.15) is 0 Å². The number of carbonyl (C=O) groups excluding carboxylic acids is 1. The molecule has 128 valence electrons. The summed E-state index contributed by atoms with van der Waals surface area (Å²) in [6, 6.07) is 5.71. The Bertz CT molecular complexity index is 733. The van der Waals surface area contributed by atoms with E-state index in [2.05, 4.69) is 15.6 Å². The maximum absolute atomic E-state index is 11.9. The lowest BCUT2D eigenvalue weighted by Gasteiger charge is -2.03. The van der Waals surface area contributed by atoms with Crippen molar-refractivity contribution in [1.82, 2.24) is 10.3 Å². The van der Waals surface area contributed by atoms with Crippen molar-refractivity contribution in [3.8, 4) is 22.8 Å². The van der Waals surface area contributed by atoms with Crippen LogP contribution in [-0.2, 0) is 4.79 Å². The molecular weight excluding hydrogens is 350 g/mol. The predicted octanol–water partition coefficient (Wildman–Crippen LogP) is 2.90. The minimum Gasteiger partial charge on any atom is -0.454 e. The summed E-state index contributed by atoms with van der Waals surface area (Å²) in [6.07, 6.45) is 2.56. The number of ether oxygens (including phenoxy) is 2. The fraction of sp³-hybridized carbons (Fsp3) is 0.375. The minimum absolute atomic E-state index is 0. The molecule has 1 aliphatic carbocycles. The van der Waals surface area contributed by atoms with Crippen molar-refractivity contribution >= 4 is 34.8 Å². The van der Waals surface area contributed by atoms with Gasteiger partial charge in [0.25, 0.3) is 0 Å². The number of hydrogen-bond acceptors (Lipinski definition) is 6. The predicted molar refractivity (Wildman–Crippen MR) is 95.1 cm³/mol. The number of fused-ring (bicyclic) bond motifs is 1. The zero-order chi connectivity index (χ0) is 15.6. The molecule has 1 saturated carbocycles. The number of amides is 1. The summed E-state index contributed by atoms with van der Waals surface area (Å²) in [6.45, 7) is 1.51. The Morgan fingerprint density at radius 1 is 1.29 bits per heavy atom. The lowest BCUT2D eigenvalue weighted by atomic mass is 10.1. The number of hydrogen-bond donors (Lipinski definition) is 2. The van der Waals surface area contributed by atoms with Crippen LogP contribution in [0.25, 0.3) is 11.3 Å². The Balaban J connectivity index is 0.00000169. The van der Waals surface area contributed by atoms with Crippen LogP contribution in [0.2, 0.25) is 0 Å². The van der Waals surface area contributed by atoms with Crippen molar-refractivity contribution in [2.45, 2.75) is 12.8 Å². The van der Waals surface area contributed by atoms with Crippen LogP contribution >= 0.6 is 23.7 Å². The fourth-order valence-corrected chi connectivity index (χ4v) is 3.13. The van der Waals surface area contributed by atoms with Crippen molar-refractivity contribution < 1.29 is 14.3 Å². The lowest BCUT2D eigenvalue weighted by molar-refractivity contribution is -0.115. The molecule has 1 amide bonds. The summed E-state index contributed by atoms with van der Waals surface area (Å²) in [7, 11) is 0. The zero-order valence-electron chi connectivity index (χ0n) is 12.9. The second kappa shape index (κ2) is 7.38. The third-order valence-corrected chi connectivity index (χ3v) is 4.59. The molecule has 2 aromatic rings. The molecule has 2 aliphatic rings. The van der Waals surface area contributed by atoms with Crippen molar-refractivity contribution in [2.24, 2.45) is 5.92 Å². The SMILES string of the molecule is Cl.O=C(CNCC1CC1)Nc1nc(-c2ccc3c(c2)OCO3)cs1. The minimum atomic E-state index is -0.0581. The molecule has 4 rings (SSSR count). The van der Waals surface area contributed by atoms with E-state index in [1.807, 2.05) is 23.6 Å². The molecule has 6 nitrogen and oxygen atoms in total. The quantitative estimate of drug-likeness (QED) is 0.821. The number of rotatable bonds is 6. The first-order valence-electron chi connectivity index (χ1n) is 7.64. The summed E-state index contributed by atoms with van der Waals surface area (Å²) in [5.41, 5.74) is 1.76. The number of nitrogens with zero attached hydrogens (tertiary/aromatic N) is 1. The van der Waals surface area contributed by atoms with E-state index in [0.717, 1.165) is 35.2 Å². The highest BCUT2D eigenvalue weighted by molar-refractivity contribution is 7.14. The van der Waals surface area contributed by atoms with Crippen molar-refractivity contribution in [3.05, 3.63) is 23.6 Å². The average molecular weight is 368 g/mol. The molecule has 0 unspecified atom stereocenters. The molecule has 2 N–H and O–H groups in total. The first-order valence-corrected chi connectivity index (χ1v) is 8.52. The molecule has 0 saturated heterocycles. The van der Waals surface area contributed by atoms with Gasteiger partial charge in [0.15, 0.2) is 16.6 Å². The maximum Gasteiger partial charge on any atom is 0.240 e. The highest BCUT2D eigenvalue weighted by atomic mass is 35.5. The van der Waals surface area contributed by atoms with Crippen LogP contribution in [0, 0.1) is 5.92 Å². The van der Waals surface area contributed by atoms with Gasteiger partial charge in [-0.25, -0.2) is 4.98 Å². The second-order valence-electron chi connectivity index (χ2n) is 5.73. The number of aromatic nitrogens is 1. The van der Waals surface area contributed by atoms with Gasteiger partial charge < -0.3 is 20.1 Å². The van der Waals surface area contributed by atoms with Gasteiger partial charge in [-0.15, -0.1) is 23.7 Å². The van der Waals surface area contributed by atoms with Crippen LogP contribution in [-0.4, -0.2) is 30.8 Å². The highest BCUT2D eigenvalue weighted by Crippen LogP contribution is 2.36. The Labute approximate surface area is 150 Å². The summed E-state index contributed by atoms with van der Waals surface area (Å²) in [5, 5.41) is 8.53. The molecule has 8 heteroatoms. The zero-order valence-corrected chi connectivity index (χ0v) is 14.5. The Hall–Kier alpha value is -1.83. The number of thiazole rings is 1. The third kappa shape index (κ3) is 3.98. The van der Waals surface area contributed by atoms with Crippen LogP contribution in [0.15, 0.2) is 23.6 Å². The molecule has 1 aliphatic heterocycles. The molecule has 0 spiro atoms. The molecule has 1 aromatic heterocycles. The first kappa shape index (κ1) is 17.0. The van der Waals surface area contributed by atoms with Crippen LogP contribution in [0.1, 0.15) is 12.8 Å². The summed E-state index contributed by atoms with van der Waals surface area (Å²) >= 11 is 1.42. The van der Waals surface area contributed by atoms with Gasteiger partial charge in [0.2, 0.25) is 12.7 Å². The lowest BCUT2D eigenvalue weighted by Crippen LogP contribution is -2.29. The molecule has 0 bridgehead atoms. The van der Waals surface area contributed by atoms with Gasteiger partial charge in [0.05, 0.1) is 12.2 Å². The molecule has 0 atom stereocenters. The van der Waals surface area contributed by atoms with E-state index in [0.29, 0.717) is 11.7 Å². The van der Waals surface area contributed by atoms with E-state index in [4.69, 9.17) is 9.47 Å². The van der Waals surface area contributed by atoms with Crippen molar-refractivity contribution in [1.29, 1.82) is 0 Å². The average Bonchev–Trinajstić information content (AvgIpc) is 3.07. The largest absolute Gasteiger partial charge is 0.454 e. The maximum atomic E-state index is 11.9. The van der Waals surface area contributed by atoms with Crippen LogP contribution in [0.5, 0.6) is 11.5 Å². The molecule has 0 radical (unpaired) electrons. The summed E-state index contributed by atoms with van der Waals surface area (Å²) in [5.74, 6) is 2.18. The molecule has 24 heavy (non-hydrogen) atoms. The van der Waals surface area contributed by atoms with Gasteiger partial charge in [0.1, 0.15) is 0 Å². The van der Waals surface area contributed by atoms with Gasteiger partial charge in [0, 0.05) is 10.9 Å². The summed E-state index contributed by atoms with van der Waals surface area (Å²) in [4.78, 5) is 16.3. The van der Waals surface area contributed by atoms with E-state index in [1.165, 1.54) is 24.2 Å². The van der Waals surface area contributed by atoms with Crippen molar-refractivity contribution in [3.63, 3.8) is 0 Å². The molecule has 1 fully saturated rings. The first-order chi connectivity index (χ1) is 11.3. The topological polar surface area (TPSA) is 72.5 Å². The number of nitrogens with one attached hydrogen (secondary N) is 2. The van der Waals surface area contributed by atoms with E-state index in [9.17, 15) is 4.79 Å². The van der Waals surface area contributed by atoms with E-state index in [-0.39, 0.29) is 25.1 Å². The molecular formula is C16H18ClN3O3S. The smallest absolute Gasteiger partial charge is 0.240 e. The number of anilines is 1. The van der Waals surface area contributed by atoms with E-state index in [1.54, 1.807) is 0 Å². The normalized spacial score (nSPS) is 15.0. The Morgan fingerprint density at radius 3 is 2.96 bits per heavy atom. The van der Waals surface area contributed by atoms with Crippen molar-refractivity contribution in [2.75, 3.05) is 25.2 Å². The van der Waals surface area contributed by atoms with Gasteiger partial charge in [-0.3, -0.25) is 4.79 Å². The van der Waals surface area contributed by atoms with E-state index < -0.39 is 0 Å². The van der Waals surface area contributed by atoms with Gasteiger partial charge in [-0.05, 0) is 43.5 Å². The summed E-state index contributed by atoms with van der Waals surface area (Å²) < 4.78 is 10.7. The van der Waals surface area contributed by atoms with Gasteiger partial charge in [-0.1, -0.05) is 0 Å². The standard InChI is InChI=1S/C16H17N3O3S.ClH/c20-15(7-17-6-10-1-2-10)19-16-18-12(8-23-16)11-3-4-13-14(5-11)22-9-21-13;/h3-5,8,10,17H,1-2,6-7,9H2,(H,18,19,20);1H. The highest BCUT2D eigenvalue weighted by Gasteiger charge is 2.20. The van der Waals surface area contributed by atoms with Crippen LogP contribution in [0.3, 0.4) is 0 Å². The number of halogens is 1. The second-order valence-corrected chi connectivity index (χ2v) is 6.59. The molecule has 2 heterocycles. The van der Waals surface area contributed by atoms with E-state index >= 15 is 0 Å². The number of carbonyl (C=O) groups is 1. The Kier molecular flexibility index (Phi) is 5.23.